The maximum Gasteiger partial charge on any atom is 0.267 e. The lowest BCUT2D eigenvalue weighted by Gasteiger charge is -2.25. The molecule has 20 heavy (non-hydrogen) atoms. The van der Waals surface area contributed by atoms with Gasteiger partial charge in [0.2, 0.25) is 0 Å². The molecule has 104 valence electrons. The summed E-state index contributed by atoms with van der Waals surface area (Å²) in [5.74, 6) is -0.384. The average Bonchev–Trinajstić information content (AvgIpc) is 2.45. The zero-order chi connectivity index (χ0) is 14.4. The second kappa shape index (κ2) is 6.62. The van der Waals surface area contributed by atoms with Gasteiger partial charge in [0.05, 0.1) is 0 Å². The van der Waals surface area contributed by atoms with E-state index in [0.29, 0.717) is 5.69 Å². The molecule has 0 saturated carbocycles. The molecule has 2 rings (SSSR count). The molecule has 0 aliphatic carbocycles. The standard InChI is InChI=1S/C15H17N3O2/c16-10-12(11-18-7-2-1-3-8-18)15(20)17-13-5-4-6-14(19)9-13/h4-6,9,11,19H,1-3,7-8H2,(H,17,20)/b12-11-. The van der Waals surface area contributed by atoms with Crippen molar-refractivity contribution in [1.82, 2.24) is 4.90 Å². The van der Waals surface area contributed by atoms with Gasteiger partial charge in [-0.2, -0.15) is 5.26 Å². The van der Waals surface area contributed by atoms with Crippen LogP contribution in [0.3, 0.4) is 0 Å². The first-order chi connectivity index (χ1) is 9.69. The smallest absolute Gasteiger partial charge is 0.267 e. The van der Waals surface area contributed by atoms with Crippen molar-refractivity contribution in [3.05, 3.63) is 36.0 Å². The normalized spacial score (nSPS) is 15.6. The zero-order valence-corrected chi connectivity index (χ0v) is 11.2. The molecule has 0 unspecified atom stereocenters. The number of piperidine rings is 1. The molecule has 0 aromatic heterocycles. The number of anilines is 1. The number of hydrogen-bond donors (Lipinski definition) is 2. The van der Waals surface area contributed by atoms with Gasteiger partial charge in [0.1, 0.15) is 17.4 Å². The fourth-order valence-corrected chi connectivity index (χ4v) is 2.15. The molecule has 5 nitrogen and oxygen atoms in total. The van der Waals surface area contributed by atoms with Crippen molar-refractivity contribution in [3.8, 4) is 11.8 Å². The van der Waals surface area contributed by atoms with Crippen LogP contribution in [-0.2, 0) is 4.79 Å². The molecule has 0 radical (unpaired) electrons. The predicted octanol–water partition coefficient (Wildman–Crippen LogP) is 2.22. The summed E-state index contributed by atoms with van der Waals surface area (Å²) in [6, 6.07) is 8.18. The summed E-state index contributed by atoms with van der Waals surface area (Å²) in [7, 11) is 0. The number of carbonyl (C=O) groups excluding carboxylic acids is 1. The van der Waals surface area contributed by atoms with Gasteiger partial charge in [-0.3, -0.25) is 4.79 Å². The van der Waals surface area contributed by atoms with Crippen LogP contribution < -0.4 is 5.32 Å². The molecular weight excluding hydrogens is 254 g/mol. The molecule has 1 aromatic carbocycles. The van der Waals surface area contributed by atoms with Crippen LogP contribution in [0.1, 0.15) is 19.3 Å². The lowest BCUT2D eigenvalue weighted by molar-refractivity contribution is -0.112. The van der Waals surface area contributed by atoms with Crippen LogP contribution in [0.5, 0.6) is 5.75 Å². The SMILES string of the molecule is N#C/C(=C/N1CCCCC1)C(=O)Nc1cccc(O)c1. The molecule has 2 N–H and O–H groups in total. The molecule has 0 bridgehead atoms. The van der Waals surface area contributed by atoms with Gasteiger partial charge in [0.15, 0.2) is 0 Å². The van der Waals surface area contributed by atoms with Gasteiger partial charge in [0.25, 0.3) is 5.91 Å². The van der Waals surface area contributed by atoms with Crippen LogP contribution in [0.4, 0.5) is 5.69 Å². The van der Waals surface area contributed by atoms with Crippen molar-refractivity contribution in [3.63, 3.8) is 0 Å². The third kappa shape index (κ3) is 3.75. The highest BCUT2D eigenvalue weighted by Gasteiger charge is 2.13. The van der Waals surface area contributed by atoms with Crippen molar-refractivity contribution < 1.29 is 9.90 Å². The molecule has 1 amide bonds. The van der Waals surface area contributed by atoms with E-state index in [4.69, 9.17) is 5.26 Å². The van der Waals surface area contributed by atoms with E-state index in [9.17, 15) is 9.90 Å². The summed E-state index contributed by atoms with van der Waals surface area (Å²) >= 11 is 0. The zero-order valence-electron chi connectivity index (χ0n) is 11.2. The van der Waals surface area contributed by atoms with Gasteiger partial charge in [0, 0.05) is 31.0 Å². The number of nitriles is 1. The molecular formula is C15H17N3O2. The second-order valence-electron chi connectivity index (χ2n) is 4.76. The van der Waals surface area contributed by atoms with Crippen LogP contribution in [0, 0.1) is 11.3 Å². The summed E-state index contributed by atoms with van der Waals surface area (Å²) in [4.78, 5) is 14.0. The van der Waals surface area contributed by atoms with Crippen molar-refractivity contribution >= 4 is 11.6 Å². The Bertz CT molecular complexity index is 554. The van der Waals surface area contributed by atoms with E-state index in [2.05, 4.69) is 5.32 Å². The lowest BCUT2D eigenvalue weighted by Crippen LogP contribution is -2.26. The Kier molecular flexibility index (Phi) is 4.61. The van der Waals surface area contributed by atoms with Gasteiger partial charge >= 0.3 is 0 Å². The van der Waals surface area contributed by atoms with E-state index >= 15 is 0 Å². The second-order valence-corrected chi connectivity index (χ2v) is 4.76. The summed E-state index contributed by atoms with van der Waals surface area (Å²) in [5.41, 5.74) is 0.546. The Hall–Kier alpha value is -2.48. The Morgan fingerprint density at radius 3 is 2.75 bits per heavy atom. The van der Waals surface area contributed by atoms with Crippen LogP contribution in [0.2, 0.25) is 0 Å². The minimum atomic E-state index is -0.455. The summed E-state index contributed by atoms with van der Waals surface area (Å²) < 4.78 is 0. The maximum absolute atomic E-state index is 12.0. The van der Waals surface area contributed by atoms with E-state index in [1.54, 1.807) is 18.3 Å². The Balaban J connectivity index is 2.05. The monoisotopic (exact) mass is 271 g/mol. The Morgan fingerprint density at radius 2 is 2.10 bits per heavy atom. The van der Waals surface area contributed by atoms with E-state index in [1.807, 2.05) is 11.0 Å². The molecule has 1 fully saturated rings. The van der Waals surface area contributed by atoms with Crippen molar-refractivity contribution in [2.75, 3.05) is 18.4 Å². The fraction of sp³-hybridized carbons (Fsp3) is 0.333. The molecule has 0 spiro atoms. The van der Waals surface area contributed by atoms with E-state index in [0.717, 1.165) is 25.9 Å². The first-order valence-electron chi connectivity index (χ1n) is 6.65. The van der Waals surface area contributed by atoms with Crippen LogP contribution >= 0.6 is 0 Å². The number of amides is 1. The van der Waals surface area contributed by atoms with Crippen molar-refractivity contribution in [1.29, 1.82) is 5.26 Å². The number of rotatable bonds is 3. The highest BCUT2D eigenvalue weighted by atomic mass is 16.3. The summed E-state index contributed by atoms with van der Waals surface area (Å²) in [5, 5.41) is 21.1. The average molecular weight is 271 g/mol. The number of phenolic OH excluding ortho intramolecular Hbond substituents is 1. The van der Waals surface area contributed by atoms with Crippen molar-refractivity contribution in [2.45, 2.75) is 19.3 Å². The highest BCUT2D eigenvalue weighted by Crippen LogP contribution is 2.16. The number of hydrogen-bond acceptors (Lipinski definition) is 4. The number of carbonyl (C=O) groups is 1. The van der Waals surface area contributed by atoms with Crippen molar-refractivity contribution in [2.24, 2.45) is 0 Å². The maximum atomic E-state index is 12.0. The van der Waals surface area contributed by atoms with Crippen LogP contribution in [-0.4, -0.2) is 29.0 Å². The number of nitrogens with zero attached hydrogens (tertiary/aromatic N) is 2. The lowest BCUT2D eigenvalue weighted by atomic mass is 10.1. The van der Waals surface area contributed by atoms with Gasteiger partial charge in [-0.05, 0) is 31.4 Å². The van der Waals surface area contributed by atoms with E-state index in [-0.39, 0.29) is 11.3 Å². The third-order valence-electron chi connectivity index (χ3n) is 3.17. The molecule has 1 aliphatic heterocycles. The Labute approximate surface area is 118 Å². The van der Waals surface area contributed by atoms with Crippen LogP contribution in [0.15, 0.2) is 36.0 Å². The first-order valence-corrected chi connectivity index (χ1v) is 6.65. The highest BCUT2D eigenvalue weighted by molar-refractivity contribution is 6.06. The summed E-state index contributed by atoms with van der Waals surface area (Å²) in [6.07, 6.45) is 4.99. The minimum absolute atomic E-state index is 0.0707. The molecule has 1 aliphatic rings. The van der Waals surface area contributed by atoms with Gasteiger partial charge in [-0.25, -0.2) is 0 Å². The topological polar surface area (TPSA) is 76.4 Å². The minimum Gasteiger partial charge on any atom is -0.508 e. The molecule has 1 aromatic rings. The number of phenols is 1. The first kappa shape index (κ1) is 13.9. The van der Waals surface area contributed by atoms with E-state index in [1.165, 1.54) is 18.6 Å². The predicted molar refractivity (Wildman–Crippen MR) is 75.9 cm³/mol. The van der Waals surface area contributed by atoms with Gasteiger partial charge in [-0.15, -0.1) is 0 Å². The van der Waals surface area contributed by atoms with Gasteiger partial charge in [-0.1, -0.05) is 6.07 Å². The van der Waals surface area contributed by atoms with E-state index < -0.39 is 5.91 Å². The molecule has 1 saturated heterocycles. The van der Waals surface area contributed by atoms with Crippen LogP contribution in [0.25, 0.3) is 0 Å². The summed E-state index contributed by atoms with van der Waals surface area (Å²) in [6.45, 7) is 1.76. The number of aromatic hydroxyl groups is 1. The van der Waals surface area contributed by atoms with Gasteiger partial charge < -0.3 is 15.3 Å². The fourth-order valence-electron chi connectivity index (χ4n) is 2.15. The molecule has 1 heterocycles. The number of benzene rings is 1. The molecule has 5 heteroatoms. The Morgan fingerprint density at radius 1 is 1.35 bits per heavy atom. The number of nitrogens with one attached hydrogen (secondary N) is 1. The number of likely N-dealkylation sites (tertiary alicyclic amines) is 1. The molecule has 0 atom stereocenters. The quantitative estimate of drug-likeness (QED) is 0.653. The third-order valence-corrected chi connectivity index (χ3v) is 3.17. The largest absolute Gasteiger partial charge is 0.508 e.